The Morgan fingerprint density at radius 1 is 1.26 bits per heavy atom. The van der Waals surface area contributed by atoms with Gasteiger partial charge in [0.1, 0.15) is 0 Å². The van der Waals surface area contributed by atoms with Crippen molar-refractivity contribution in [2.45, 2.75) is 19.9 Å². The minimum atomic E-state index is -0.249. The Hall–Kier alpha value is -1.45. The monoisotopic (exact) mass is 297 g/mol. The fourth-order valence-electron chi connectivity index (χ4n) is 1.73. The fourth-order valence-corrected chi connectivity index (χ4v) is 2.04. The van der Waals surface area contributed by atoms with E-state index >= 15 is 0 Å². The highest BCUT2D eigenvalue weighted by atomic mass is 35.5. The van der Waals surface area contributed by atoms with Gasteiger partial charge < -0.3 is 9.73 Å². The lowest BCUT2D eigenvalue weighted by molar-refractivity contribution is 0.0911. The predicted molar refractivity (Wildman–Crippen MR) is 75.8 cm³/mol. The van der Waals surface area contributed by atoms with Gasteiger partial charge in [-0.15, -0.1) is 0 Å². The van der Waals surface area contributed by atoms with Crippen LogP contribution in [0.1, 0.15) is 34.6 Å². The molecular formula is C14H13Cl2NO2. The molecule has 100 valence electrons. The van der Waals surface area contributed by atoms with Gasteiger partial charge in [0.2, 0.25) is 0 Å². The molecule has 1 amide bonds. The minimum absolute atomic E-state index is 0.188. The van der Waals surface area contributed by atoms with Gasteiger partial charge in [0, 0.05) is 5.56 Å². The number of nitrogens with one attached hydrogen (secondary N) is 1. The fraction of sp³-hybridized carbons (Fsp3) is 0.214. The molecule has 0 bridgehead atoms. The van der Waals surface area contributed by atoms with Crippen molar-refractivity contribution in [3.05, 3.63) is 57.5 Å². The molecule has 0 saturated heterocycles. The molecule has 1 aromatic heterocycles. The first-order valence-corrected chi connectivity index (χ1v) is 6.54. The number of halogens is 2. The molecule has 2 rings (SSSR count). The topological polar surface area (TPSA) is 42.2 Å². The zero-order valence-corrected chi connectivity index (χ0v) is 12.0. The van der Waals surface area contributed by atoms with Crippen molar-refractivity contribution in [1.29, 1.82) is 0 Å². The summed E-state index contributed by atoms with van der Waals surface area (Å²) in [5.41, 5.74) is 1.69. The van der Waals surface area contributed by atoms with Gasteiger partial charge in [0.15, 0.2) is 5.76 Å². The van der Waals surface area contributed by atoms with Gasteiger partial charge in [-0.3, -0.25) is 4.79 Å². The summed E-state index contributed by atoms with van der Waals surface area (Å²) in [4.78, 5) is 12.0. The van der Waals surface area contributed by atoms with E-state index in [-0.39, 0.29) is 11.9 Å². The van der Waals surface area contributed by atoms with E-state index in [1.807, 2.05) is 19.9 Å². The summed E-state index contributed by atoms with van der Waals surface area (Å²) in [7, 11) is 0. The number of carbonyl (C=O) groups excluding carboxylic acids is 1. The van der Waals surface area contributed by atoms with Crippen molar-refractivity contribution in [3.63, 3.8) is 0 Å². The molecule has 1 heterocycles. The highest BCUT2D eigenvalue weighted by Gasteiger charge is 2.16. The average molecular weight is 298 g/mol. The normalized spacial score (nSPS) is 12.2. The highest BCUT2D eigenvalue weighted by Crippen LogP contribution is 2.25. The Morgan fingerprint density at radius 3 is 2.58 bits per heavy atom. The molecule has 19 heavy (non-hydrogen) atoms. The minimum Gasteiger partial charge on any atom is -0.459 e. The summed E-state index contributed by atoms with van der Waals surface area (Å²) < 4.78 is 5.15. The van der Waals surface area contributed by atoms with Crippen LogP contribution in [-0.2, 0) is 0 Å². The van der Waals surface area contributed by atoms with Crippen molar-refractivity contribution in [2.24, 2.45) is 0 Å². The van der Waals surface area contributed by atoms with Crippen LogP contribution in [0.5, 0.6) is 0 Å². The molecule has 0 spiro atoms. The number of hydrogen-bond acceptors (Lipinski definition) is 2. The Balaban J connectivity index is 2.13. The SMILES string of the molecule is Cc1ccoc1C(=O)NC(C)c1ccc(Cl)c(Cl)c1. The number of carbonyl (C=O) groups is 1. The molecule has 1 N–H and O–H groups in total. The van der Waals surface area contributed by atoms with Crippen LogP contribution in [0.25, 0.3) is 0 Å². The van der Waals surface area contributed by atoms with Crippen molar-refractivity contribution in [1.82, 2.24) is 5.32 Å². The van der Waals surface area contributed by atoms with Crippen LogP contribution in [-0.4, -0.2) is 5.91 Å². The molecule has 1 atom stereocenters. The first-order valence-electron chi connectivity index (χ1n) is 5.79. The van der Waals surface area contributed by atoms with E-state index in [4.69, 9.17) is 27.6 Å². The third-order valence-electron chi connectivity index (χ3n) is 2.86. The maximum absolute atomic E-state index is 12.0. The smallest absolute Gasteiger partial charge is 0.287 e. The van der Waals surface area contributed by atoms with Gasteiger partial charge in [-0.2, -0.15) is 0 Å². The van der Waals surface area contributed by atoms with Gasteiger partial charge in [-0.1, -0.05) is 29.3 Å². The van der Waals surface area contributed by atoms with E-state index in [1.165, 1.54) is 6.26 Å². The number of rotatable bonds is 3. The van der Waals surface area contributed by atoms with Crippen LogP contribution in [0, 0.1) is 6.92 Å². The number of amides is 1. The van der Waals surface area contributed by atoms with Gasteiger partial charge in [-0.25, -0.2) is 0 Å². The van der Waals surface area contributed by atoms with Gasteiger partial charge in [0.05, 0.1) is 22.4 Å². The van der Waals surface area contributed by atoms with Crippen molar-refractivity contribution < 1.29 is 9.21 Å². The third-order valence-corrected chi connectivity index (χ3v) is 3.60. The second kappa shape index (κ2) is 5.68. The second-order valence-electron chi connectivity index (χ2n) is 4.30. The standard InChI is InChI=1S/C14H13Cl2NO2/c1-8-5-6-19-13(8)14(18)17-9(2)10-3-4-11(15)12(16)7-10/h3-7,9H,1-2H3,(H,17,18). The molecule has 0 radical (unpaired) electrons. The molecule has 0 aliphatic carbocycles. The van der Waals surface area contributed by atoms with E-state index in [0.29, 0.717) is 15.8 Å². The Bertz CT molecular complexity index is 607. The third kappa shape index (κ3) is 3.11. The zero-order chi connectivity index (χ0) is 14.0. The Labute approximate surface area is 121 Å². The molecule has 1 unspecified atom stereocenters. The van der Waals surface area contributed by atoms with Crippen LogP contribution < -0.4 is 5.32 Å². The zero-order valence-electron chi connectivity index (χ0n) is 10.5. The lowest BCUT2D eigenvalue weighted by Crippen LogP contribution is -2.26. The molecular weight excluding hydrogens is 285 g/mol. The molecule has 5 heteroatoms. The molecule has 3 nitrogen and oxygen atoms in total. The second-order valence-corrected chi connectivity index (χ2v) is 5.12. The van der Waals surface area contributed by atoms with Crippen LogP contribution in [0.3, 0.4) is 0 Å². The molecule has 2 aromatic rings. The first-order chi connectivity index (χ1) is 8.99. The number of furan rings is 1. The summed E-state index contributed by atoms with van der Waals surface area (Å²) >= 11 is 11.8. The molecule has 0 aliphatic rings. The number of aryl methyl sites for hydroxylation is 1. The van der Waals surface area contributed by atoms with E-state index in [9.17, 15) is 4.79 Å². The quantitative estimate of drug-likeness (QED) is 0.913. The van der Waals surface area contributed by atoms with Crippen LogP contribution >= 0.6 is 23.2 Å². The van der Waals surface area contributed by atoms with Crippen molar-refractivity contribution >= 4 is 29.1 Å². The van der Waals surface area contributed by atoms with Gasteiger partial charge in [-0.05, 0) is 37.6 Å². The summed E-state index contributed by atoms with van der Waals surface area (Å²) in [5.74, 6) is 0.0768. The van der Waals surface area contributed by atoms with Crippen molar-refractivity contribution in [3.8, 4) is 0 Å². The van der Waals surface area contributed by atoms with Gasteiger partial charge in [0.25, 0.3) is 5.91 Å². The lowest BCUT2D eigenvalue weighted by Gasteiger charge is -2.14. The Kier molecular flexibility index (Phi) is 4.17. The van der Waals surface area contributed by atoms with Crippen LogP contribution in [0.2, 0.25) is 10.0 Å². The van der Waals surface area contributed by atoms with E-state index in [2.05, 4.69) is 5.32 Å². The van der Waals surface area contributed by atoms with Gasteiger partial charge >= 0.3 is 0 Å². The van der Waals surface area contributed by atoms with Crippen molar-refractivity contribution in [2.75, 3.05) is 0 Å². The van der Waals surface area contributed by atoms with E-state index in [0.717, 1.165) is 11.1 Å². The maximum Gasteiger partial charge on any atom is 0.287 e. The van der Waals surface area contributed by atoms with E-state index < -0.39 is 0 Å². The molecule has 0 saturated carbocycles. The summed E-state index contributed by atoms with van der Waals surface area (Å²) in [6.45, 7) is 3.69. The largest absolute Gasteiger partial charge is 0.459 e. The molecule has 0 fully saturated rings. The molecule has 0 aliphatic heterocycles. The van der Waals surface area contributed by atoms with E-state index in [1.54, 1.807) is 18.2 Å². The predicted octanol–water partition coefficient (Wildman–Crippen LogP) is 4.39. The average Bonchev–Trinajstić information content (AvgIpc) is 2.79. The summed E-state index contributed by atoms with van der Waals surface area (Å²) in [6.07, 6.45) is 1.49. The van der Waals surface area contributed by atoms with Crippen LogP contribution in [0.4, 0.5) is 0 Å². The summed E-state index contributed by atoms with van der Waals surface area (Å²) in [6, 6.07) is 6.84. The summed E-state index contributed by atoms with van der Waals surface area (Å²) in [5, 5.41) is 3.81. The first kappa shape index (κ1) is 14.0. The Morgan fingerprint density at radius 2 is 2.00 bits per heavy atom. The van der Waals surface area contributed by atoms with Crippen LogP contribution in [0.15, 0.2) is 34.9 Å². The lowest BCUT2D eigenvalue weighted by atomic mass is 10.1. The molecule has 1 aromatic carbocycles. The number of benzene rings is 1. The maximum atomic E-state index is 12.0. The number of hydrogen-bond donors (Lipinski definition) is 1. The highest BCUT2D eigenvalue weighted by molar-refractivity contribution is 6.42.